The highest BCUT2D eigenvalue weighted by atomic mass is 16.4. The molecule has 0 aliphatic rings. The second-order valence-corrected chi connectivity index (χ2v) is 8.02. The molecule has 0 aliphatic heterocycles. The molecular weight excluding hydrogens is 336 g/mol. The summed E-state index contributed by atoms with van der Waals surface area (Å²) in [5, 5.41) is 18.5. The Morgan fingerprint density at radius 2 is 1.15 bits per heavy atom. The van der Waals surface area contributed by atoms with E-state index in [1.54, 1.807) is 0 Å². The summed E-state index contributed by atoms with van der Waals surface area (Å²) in [4.78, 5) is 10.4. The lowest BCUT2D eigenvalue weighted by molar-refractivity contribution is -0.137. The molecule has 0 aromatic carbocycles. The van der Waals surface area contributed by atoms with Crippen molar-refractivity contribution in [3.8, 4) is 0 Å². The van der Waals surface area contributed by atoms with Gasteiger partial charge in [0.05, 0.1) is 6.10 Å². The van der Waals surface area contributed by atoms with E-state index in [-0.39, 0.29) is 12.5 Å². The number of aliphatic hydroxyl groups is 1. The summed E-state index contributed by atoms with van der Waals surface area (Å²) in [6.07, 6.45) is 26.0. The van der Waals surface area contributed by atoms with Crippen LogP contribution in [0.25, 0.3) is 0 Å². The molecule has 1 unspecified atom stereocenters. The lowest BCUT2D eigenvalue weighted by Gasteiger charge is -2.10. The molecule has 0 spiro atoms. The Morgan fingerprint density at radius 3 is 1.67 bits per heavy atom. The Hall–Kier alpha value is -0.830. The quantitative estimate of drug-likeness (QED) is 0.160. The molecule has 0 aromatic rings. The molecule has 27 heavy (non-hydrogen) atoms. The third-order valence-corrected chi connectivity index (χ3v) is 5.23. The molecule has 0 amide bonds. The van der Waals surface area contributed by atoms with Crippen LogP contribution in [0, 0.1) is 0 Å². The van der Waals surface area contributed by atoms with Gasteiger partial charge in [-0.2, -0.15) is 0 Å². The van der Waals surface area contributed by atoms with Gasteiger partial charge in [-0.1, -0.05) is 96.1 Å². The van der Waals surface area contributed by atoms with Crippen LogP contribution in [0.4, 0.5) is 0 Å². The fourth-order valence-electron chi connectivity index (χ4n) is 3.41. The first-order valence-corrected chi connectivity index (χ1v) is 11.7. The van der Waals surface area contributed by atoms with E-state index in [0.29, 0.717) is 0 Å². The van der Waals surface area contributed by atoms with Gasteiger partial charge in [0.15, 0.2) is 0 Å². The number of rotatable bonds is 21. The smallest absolute Gasteiger partial charge is 0.303 e. The van der Waals surface area contributed by atoms with E-state index in [2.05, 4.69) is 19.1 Å². The molecule has 3 heteroatoms. The third kappa shape index (κ3) is 23.1. The van der Waals surface area contributed by atoms with Crippen molar-refractivity contribution in [3.05, 3.63) is 12.2 Å². The van der Waals surface area contributed by atoms with Gasteiger partial charge in [-0.3, -0.25) is 4.79 Å². The zero-order chi connectivity index (χ0) is 20.0. The first-order chi connectivity index (χ1) is 13.2. The molecule has 0 rings (SSSR count). The molecule has 2 N–H and O–H groups in total. The lowest BCUT2D eigenvalue weighted by atomic mass is 10.0. The van der Waals surface area contributed by atoms with Crippen LogP contribution >= 0.6 is 0 Å². The van der Waals surface area contributed by atoms with Crippen molar-refractivity contribution in [2.75, 3.05) is 0 Å². The zero-order valence-corrected chi connectivity index (χ0v) is 18.0. The minimum Gasteiger partial charge on any atom is -0.481 e. The molecule has 0 radical (unpaired) electrons. The van der Waals surface area contributed by atoms with Crippen molar-refractivity contribution in [3.63, 3.8) is 0 Å². The summed E-state index contributed by atoms with van der Waals surface area (Å²) in [7, 11) is 0. The molecule has 0 bridgehead atoms. The number of carboxylic acid groups (broad SMARTS) is 1. The summed E-state index contributed by atoms with van der Waals surface area (Å²) in [5.74, 6) is -0.717. The van der Waals surface area contributed by atoms with Crippen molar-refractivity contribution in [1.29, 1.82) is 0 Å². The SMILES string of the molecule is CCCC/C=C\CCCCCCCCCCCC(O)CCCCCC(=O)O. The Kier molecular flexibility index (Phi) is 20.8. The van der Waals surface area contributed by atoms with Crippen molar-refractivity contribution < 1.29 is 15.0 Å². The fraction of sp³-hybridized carbons (Fsp3) is 0.875. The van der Waals surface area contributed by atoms with Crippen LogP contribution in [0.3, 0.4) is 0 Å². The van der Waals surface area contributed by atoms with E-state index in [1.165, 1.54) is 77.0 Å². The maximum Gasteiger partial charge on any atom is 0.303 e. The Labute approximate surface area is 168 Å². The molecule has 1 atom stereocenters. The van der Waals surface area contributed by atoms with Crippen LogP contribution in [-0.4, -0.2) is 22.3 Å². The van der Waals surface area contributed by atoms with Gasteiger partial charge in [-0.15, -0.1) is 0 Å². The van der Waals surface area contributed by atoms with Gasteiger partial charge in [0.1, 0.15) is 0 Å². The van der Waals surface area contributed by atoms with Crippen LogP contribution in [-0.2, 0) is 4.79 Å². The van der Waals surface area contributed by atoms with Gasteiger partial charge >= 0.3 is 5.97 Å². The molecule has 0 aromatic heterocycles. The highest BCUT2D eigenvalue weighted by Crippen LogP contribution is 2.14. The third-order valence-electron chi connectivity index (χ3n) is 5.23. The zero-order valence-electron chi connectivity index (χ0n) is 18.0. The molecule has 3 nitrogen and oxygen atoms in total. The summed E-state index contributed by atoms with van der Waals surface area (Å²) in [6.45, 7) is 2.24. The minimum atomic E-state index is -0.717. The molecule has 160 valence electrons. The molecule has 0 aliphatic carbocycles. The first-order valence-electron chi connectivity index (χ1n) is 11.7. The highest BCUT2D eigenvalue weighted by Gasteiger charge is 2.04. The minimum absolute atomic E-state index is 0.189. The molecule has 0 saturated heterocycles. The predicted octanol–water partition coefficient (Wildman–Crippen LogP) is 7.42. The topological polar surface area (TPSA) is 57.5 Å². The second-order valence-electron chi connectivity index (χ2n) is 8.02. The number of aliphatic hydroxyl groups excluding tert-OH is 1. The molecule has 0 heterocycles. The monoisotopic (exact) mass is 382 g/mol. The van der Waals surface area contributed by atoms with E-state index < -0.39 is 5.97 Å². The molecule has 0 fully saturated rings. The number of carbonyl (C=O) groups is 1. The number of aliphatic carboxylic acids is 1. The second kappa shape index (κ2) is 21.5. The van der Waals surface area contributed by atoms with Crippen molar-refractivity contribution in [1.82, 2.24) is 0 Å². The summed E-state index contributed by atoms with van der Waals surface area (Å²) < 4.78 is 0. The number of allylic oxidation sites excluding steroid dienone is 2. The maximum absolute atomic E-state index is 10.4. The lowest BCUT2D eigenvalue weighted by Crippen LogP contribution is -2.06. The highest BCUT2D eigenvalue weighted by molar-refractivity contribution is 5.66. The van der Waals surface area contributed by atoms with Crippen molar-refractivity contribution in [2.24, 2.45) is 0 Å². The fourth-order valence-corrected chi connectivity index (χ4v) is 3.41. The number of carboxylic acids is 1. The Morgan fingerprint density at radius 1 is 0.704 bits per heavy atom. The van der Waals surface area contributed by atoms with Gasteiger partial charge in [0, 0.05) is 6.42 Å². The van der Waals surface area contributed by atoms with Gasteiger partial charge in [-0.25, -0.2) is 0 Å². The summed E-state index contributed by atoms with van der Waals surface area (Å²) >= 11 is 0. The number of hydrogen-bond acceptors (Lipinski definition) is 2. The summed E-state index contributed by atoms with van der Waals surface area (Å²) in [5.41, 5.74) is 0. The van der Waals surface area contributed by atoms with E-state index in [0.717, 1.165) is 38.5 Å². The van der Waals surface area contributed by atoms with Crippen LogP contribution < -0.4 is 0 Å². The van der Waals surface area contributed by atoms with Gasteiger partial charge < -0.3 is 10.2 Å². The van der Waals surface area contributed by atoms with Crippen LogP contribution in [0.2, 0.25) is 0 Å². The first kappa shape index (κ1) is 26.2. The van der Waals surface area contributed by atoms with Crippen LogP contribution in [0.1, 0.15) is 129 Å². The molecule has 0 saturated carbocycles. The average molecular weight is 383 g/mol. The van der Waals surface area contributed by atoms with Gasteiger partial charge in [0.2, 0.25) is 0 Å². The van der Waals surface area contributed by atoms with Gasteiger partial charge in [-0.05, 0) is 38.5 Å². The van der Waals surface area contributed by atoms with E-state index in [9.17, 15) is 9.90 Å². The van der Waals surface area contributed by atoms with E-state index >= 15 is 0 Å². The number of unbranched alkanes of at least 4 members (excludes halogenated alkanes) is 13. The van der Waals surface area contributed by atoms with Crippen molar-refractivity contribution in [2.45, 2.75) is 135 Å². The van der Waals surface area contributed by atoms with E-state index in [1.807, 2.05) is 0 Å². The van der Waals surface area contributed by atoms with Crippen LogP contribution in [0.15, 0.2) is 12.2 Å². The Bertz CT molecular complexity index is 339. The number of hydrogen-bond donors (Lipinski definition) is 2. The Balaban J connectivity index is 3.17. The molecular formula is C24H46O3. The summed E-state index contributed by atoms with van der Waals surface area (Å²) in [6, 6.07) is 0. The van der Waals surface area contributed by atoms with Crippen LogP contribution in [0.5, 0.6) is 0 Å². The standard InChI is InChI=1S/C24H46O3/c1-2-3-4-5-6-7-8-9-10-11-12-13-14-15-17-20-23(25)21-18-16-19-22-24(26)27/h5-6,23,25H,2-4,7-22H2,1H3,(H,26,27)/b6-5-. The largest absolute Gasteiger partial charge is 0.481 e. The van der Waals surface area contributed by atoms with Crippen molar-refractivity contribution >= 4 is 5.97 Å². The maximum atomic E-state index is 10.4. The average Bonchev–Trinajstić information content (AvgIpc) is 2.64. The van der Waals surface area contributed by atoms with Gasteiger partial charge in [0.25, 0.3) is 0 Å². The van der Waals surface area contributed by atoms with E-state index in [4.69, 9.17) is 5.11 Å². The normalized spacial score (nSPS) is 12.7. The predicted molar refractivity (Wildman–Crippen MR) is 116 cm³/mol.